The van der Waals surface area contributed by atoms with Crippen molar-refractivity contribution >= 4 is 18.1 Å². The molecule has 1 atom stereocenters. The zero-order valence-electron chi connectivity index (χ0n) is 17.7. The molecule has 0 aliphatic carbocycles. The molecule has 0 spiro atoms. The van der Waals surface area contributed by atoms with Gasteiger partial charge in [-0.1, -0.05) is 59.8 Å². The molecule has 0 radical (unpaired) electrons. The normalized spacial score (nSPS) is 10.7. The largest absolute Gasteiger partial charge is 0.359 e. The van der Waals surface area contributed by atoms with Gasteiger partial charge in [-0.05, 0) is 25.8 Å². The molecule has 148 valence electrons. The van der Waals surface area contributed by atoms with Crippen LogP contribution in [0.15, 0.2) is 23.8 Å². The third-order valence-corrected chi connectivity index (χ3v) is 2.59. The fourth-order valence-corrected chi connectivity index (χ4v) is 1.50. The summed E-state index contributed by atoms with van der Waals surface area (Å²) in [6.45, 7) is 15.7. The molecule has 5 nitrogen and oxygen atoms in total. The molecule has 0 aromatic rings. The lowest BCUT2D eigenvalue weighted by molar-refractivity contribution is -0.124. The van der Waals surface area contributed by atoms with Gasteiger partial charge in [0.1, 0.15) is 6.29 Å². The van der Waals surface area contributed by atoms with Gasteiger partial charge in [0, 0.05) is 13.5 Å². The van der Waals surface area contributed by atoms with Crippen LogP contribution >= 0.6 is 0 Å². The Bertz CT molecular complexity index is 375. The van der Waals surface area contributed by atoms with E-state index >= 15 is 0 Å². The molecule has 1 unspecified atom stereocenters. The van der Waals surface area contributed by atoms with E-state index in [2.05, 4.69) is 10.6 Å². The van der Waals surface area contributed by atoms with Crippen LogP contribution in [-0.4, -0.2) is 31.2 Å². The SMILES string of the molecule is C/C=C\C(=C/C)CC(=O)NC(C=O)CCC(=O)NC.CC.CC.CC. The average Bonchev–Trinajstić information content (AvgIpc) is 2.68. The Morgan fingerprint density at radius 1 is 0.960 bits per heavy atom. The van der Waals surface area contributed by atoms with Crippen LogP contribution in [-0.2, 0) is 14.4 Å². The first kappa shape index (κ1) is 30.9. The highest BCUT2D eigenvalue weighted by atomic mass is 16.2. The van der Waals surface area contributed by atoms with Crippen molar-refractivity contribution in [3.63, 3.8) is 0 Å². The quantitative estimate of drug-likeness (QED) is 0.506. The number of carbonyl (C=O) groups is 3. The van der Waals surface area contributed by atoms with Crippen LogP contribution in [0, 0.1) is 0 Å². The monoisotopic (exact) mass is 356 g/mol. The van der Waals surface area contributed by atoms with Crippen molar-refractivity contribution < 1.29 is 14.4 Å². The number of nitrogens with one attached hydrogen (secondary N) is 2. The molecule has 0 bridgehead atoms. The Labute approximate surface area is 155 Å². The second-order valence-electron chi connectivity index (χ2n) is 4.06. The molecule has 0 aromatic heterocycles. The van der Waals surface area contributed by atoms with E-state index in [-0.39, 0.29) is 24.7 Å². The van der Waals surface area contributed by atoms with Gasteiger partial charge in [0.15, 0.2) is 0 Å². The van der Waals surface area contributed by atoms with Gasteiger partial charge >= 0.3 is 0 Å². The number of aldehydes is 1. The lowest BCUT2D eigenvalue weighted by Gasteiger charge is -2.12. The van der Waals surface area contributed by atoms with E-state index in [9.17, 15) is 14.4 Å². The standard InChI is InChI=1S/C14H22N2O3.3C2H6/c1-4-6-11(5-2)9-14(19)16-12(10-17)7-8-13(18)15-3;3*1-2/h4-6,10,12H,7-9H2,1-3H3,(H,15,18)(H,16,19);3*1-2H3/b6-4-,11-5+;;;. The molecule has 0 aliphatic heterocycles. The Balaban J connectivity index is -0.000000329. The summed E-state index contributed by atoms with van der Waals surface area (Å²) in [5.41, 5.74) is 0.885. The minimum Gasteiger partial charge on any atom is -0.359 e. The van der Waals surface area contributed by atoms with Crippen LogP contribution < -0.4 is 10.6 Å². The van der Waals surface area contributed by atoms with Gasteiger partial charge in [-0.25, -0.2) is 0 Å². The van der Waals surface area contributed by atoms with Gasteiger partial charge in [0.05, 0.1) is 12.5 Å². The van der Waals surface area contributed by atoms with Crippen molar-refractivity contribution in [1.29, 1.82) is 0 Å². The Kier molecular flexibility index (Phi) is 33.3. The minimum absolute atomic E-state index is 0.149. The van der Waals surface area contributed by atoms with Gasteiger partial charge in [-0.3, -0.25) is 9.59 Å². The van der Waals surface area contributed by atoms with Gasteiger partial charge < -0.3 is 15.4 Å². The number of hydrogen-bond donors (Lipinski definition) is 2. The number of allylic oxidation sites excluding steroid dienone is 3. The zero-order valence-corrected chi connectivity index (χ0v) is 17.7. The van der Waals surface area contributed by atoms with Crippen molar-refractivity contribution in [3.05, 3.63) is 23.8 Å². The maximum atomic E-state index is 11.7. The molecular formula is C20H40N2O3. The molecule has 2 N–H and O–H groups in total. The summed E-state index contributed by atoms with van der Waals surface area (Å²) >= 11 is 0. The predicted octanol–water partition coefficient (Wildman–Crippen LogP) is 4.19. The van der Waals surface area contributed by atoms with Crippen molar-refractivity contribution in [2.45, 2.75) is 80.7 Å². The second kappa shape index (κ2) is 27.0. The van der Waals surface area contributed by atoms with E-state index in [1.165, 1.54) is 7.05 Å². The number of carbonyl (C=O) groups excluding carboxylic acids is 3. The maximum Gasteiger partial charge on any atom is 0.224 e. The Morgan fingerprint density at radius 2 is 1.48 bits per heavy atom. The van der Waals surface area contributed by atoms with E-state index in [1.54, 1.807) is 0 Å². The lowest BCUT2D eigenvalue weighted by Crippen LogP contribution is -2.37. The van der Waals surface area contributed by atoms with E-state index in [0.717, 1.165) is 5.57 Å². The highest BCUT2D eigenvalue weighted by Crippen LogP contribution is 2.04. The summed E-state index contributed by atoms with van der Waals surface area (Å²) in [6, 6.07) is -0.617. The second-order valence-corrected chi connectivity index (χ2v) is 4.06. The first-order valence-corrected chi connectivity index (χ1v) is 9.30. The number of rotatable bonds is 8. The van der Waals surface area contributed by atoms with Crippen molar-refractivity contribution in [1.82, 2.24) is 10.6 Å². The average molecular weight is 357 g/mol. The van der Waals surface area contributed by atoms with Crippen LogP contribution in [0.4, 0.5) is 0 Å². The van der Waals surface area contributed by atoms with E-state index in [1.807, 2.05) is 73.6 Å². The number of amides is 2. The van der Waals surface area contributed by atoms with Gasteiger partial charge in [0.2, 0.25) is 11.8 Å². The van der Waals surface area contributed by atoms with Crippen molar-refractivity contribution in [2.24, 2.45) is 0 Å². The predicted molar refractivity (Wildman–Crippen MR) is 109 cm³/mol. The maximum absolute atomic E-state index is 11.7. The van der Waals surface area contributed by atoms with Gasteiger partial charge in [-0.15, -0.1) is 0 Å². The minimum atomic E-state index is -0.617. The summed E-state index contributed by atoms with van der Waals surface area (Å²) in [6.07, 6.45) is 6.96. The highest BCUT2D eigenvalue weighted by Gasteiger charge is 2.13. The van der Waals surface area contributed by atoms with Crippen LogP contribution in [0.2, 0.25) is 0 Å². The summed E-state index contributed by atoms with van der Waals surface area (Å²) in [5.74, 6) is -0.371. The third-order valence-electron chi connectivity index (χ3n) is 2.59. The first-order chi connectivity index (χ1) is 12.1. The van der Waals surface area contributed by atoms with E-state index in [0.29, 0.717) is 12.7 Å². The molecule has 2 amide bonds. The van der Waals surface area contributed by atoms with Crippen LogP contribution in [0.25, 0.3) is 0 Å². The fourth-order valence-electron chi connectivity index (χ4n) is 1.50. The topological polar surface area (TPSA) is 75.3 Å². The highest BCUT2D eigenvalue weighted by molar-refractivity contribution is 5.82. The smallest absolute Gasteiger partial charge is 0.224 e. The molecule has 0 heterocycles. The van der Waals surface area contributed by atoms with Gasteiger partial charge in [0.25, 0.3) is 0 Å². The molecule has 25 heavy (non-hydrogen) atoms. The molecule has 0 rings (SSSR count). The first-order valence-electron chi connectivity index (χ1n) is 9.30. The van der Waals surface area contributed by atoms with Crippen molar-refractivity contribution in [2.75, 3.05) is 7.05 Å². The Hall–Kier alpha value is -1.91. The summed E-state index contributed by atoms with van der Waals surface area (Å²) in [4.78, 5) is 33.6. The fraction of sp³-hybridized carbons (Fsp3) is 0.650. The molecule has 0 saturated heterocycles. The van der Waals surface area contributed by atoms with Crippen LogP contribution in [0.3, 0.4) is 0 Å². The number of hydrogen-bond acceptors (Lipinski definition) is 3. The summed E-state index contributed by atoms with van der Waals surface area (Å²) in [5, 5.41) is 5.08. The molecule has 5 heteroatoms. The van der Waals surface area contributed by atoms with Crippen LogP contribution in [0.5, 0.6) is 0 Å². The van der Waals surface area contributed by atoms with Crippen molar-refractivity contribution in [3.8, 4) is 0 Å². The molecule has 0 fully saturated rings. The molecule has 0 aliphatic rings. The van der Waals surface area contributed by atoms with E-state index < -0.39 is 6.04 Å². The molecular weight excluding hydrogens is 316 g/mol. The summed E-state index contributed by atoms with van der Waals surface area (Å²) in [7, 11) is 1.53. The lowest BCUT2D eigenvalue weighted by atomic mass is 10.1. The van der Waals surface area contributed by atoms with Gasteiger partial charge in [-0.2, -0.15) is 0 Å². The Morgan fingerprint density at radius 3 is 1.84 bits per heavy atom. The zero-order chi connectivity index (χ0) is 20.7. The molecule has 0 saturated carbocycles. The van der Waals surface area contributed by atoms with E-state index in [4.69, 9.17) is 0 Å². The molecule has 0 aromatic carbocycles. The summed E-state index contributed by atoms with van der Waals surface area (Å²) < 4.78 is 0. The van der Waals surface area contributed by atoms with Crippen LogP contribution in [0.1, 0.15) is 74.7 Å². The third kappa shape index (κ3) is 22.1.